The van der Waals surface area contributed by atoms with Crippen LogP contribution in [0.2, 0.25) is 0 Å². The van der Waals surface area contributed by atoms with Gasteiger partial charge < -0.3 is 15.3 Å². The summed E-state index contributed by atoms with van der Waals surface area (Å²) in [6.07, 6.45) is 2.34. The van der Waals surface area contributed by atoms with E-state index in [4.69, 9.17) is 5.11 Å². The highest BCUT2D eigenvalue weighted by molar-refractivity contribution is 5.90. The van der Waals surface area contributed by atoms with E-state index in [2.05, 4.69) is 12.2 Å². The molecule has 5 heteroatoms. The lowest BCUT2D eigenvalue weighted by Gasteiger charge is -2.30. The first-order valence-electron chi connectivity index (χ1n) is 7.39. The molecule has 2 rings (SSSR count). The lowest BCUT2D eigenvalue weighted by Crippen LogP contribution is -2.44. The Kier molecular flexibility index (Phi) is 4.83. The van der Waals surface area contributed by atoms with Crippen molar-refractivity contribution in [2.75, 3.05) is 18.4 Å². The van der Waals surface area contributed by atoms with Crippen LogP contribution in [0.1, 0.15) is 30.9 Å². The molecule has 1 saturated heterocycles. The average molecular weight is 290 g/mol. The normalized spacial score (nSPS) is 18.4. The summed E-state index contributed by atoms with van der Waals surface area (Å²) in [5.41, 5.74) is 3.17. The van der Waals surface area contributed by atoms with Crippen LogP contribution >= 0.6 is 0 Å². The first-order valence-corrected chi connectivity index (χ1v) is 7.39. The Balaban J connectivity index is 2.00. The van der Waals surface area contributed by atoms with Gasteiger partial charge in [-0.05, 0) is 49.4 Å². The molecule has 0 spiro atoms. The van der Waals surface area contributed by atoms with E-state index >= 15 is 0 Å². The summed E-state index contributed by atoms with van der Waals surface area (Å²) < 4.78 is 0. The van der Waals surface area contributed by atoms with Gasteiger partial charge in [0.05, 0.1) is 5.92 Å². The zero-order valence-electron chi connectivity index (χ0n) is 12.6. The van der Waals surface area contributed by atoms with Gasteiger partial charge in [0, 0.05) is 18.8 Å². The number of carbonyl (C=O) groups is 2. The van der Waals surface area contributed by atoms with Gasteiger partial charge in [0.1, 0.15) is 0 Å². The van der Waals surface area contributed by atoms with E-state index in [9.17, 15) is 9.59 Å². The Labute approximate surface area is 125 Å². The van der Waals surface area contributed by atoms with E-state index in [1.807, 2.05) is 25.1 Å². The summed E-state index contributed by atoms with van der Waals surface area (Å²) >= 11 is 0. The van der Waals surface area contributed by atoms with Crippen LogP contribution in [-0.2, 0) is 11.2 Å². The van der Waals surface area contributed by atoms with E-state index < -0.39 is 11.9 Å². The maximum Gasteiger partial charge on any atom is 0.321 e. The molecule has 1 atom stereocenters. The van der Waals surface area contributed by atoms with Gasteiger partial charge in [0.25, 0.3) is 0 Å². The standard InChI is InChI=1S/C16H22N2O3/c1-3-12-6-7-14(9-11(12)2)17-16(21)18-8-4-5-13(10-18)15(19)20/h6-7,9,13H,3-5,8,10H2,1-2H3,(H,17,21)(H,19,20). The Morgan fingerprint density at radius 2 is 2.19 bits per heavy atom. The van der Waals surface area contributed by atoms with Gasteiger partial charge >= 0.3 is 12.0 Å². The summed E-state index contributed by atoms with van der Waals surface area (Å²) in [7, 11) is 0. The zero-order valence-corrected chi connectivity index (χ0v) is 12.6. The number of aryl methyl sites for hydroxylation is 2. The molecule has 0 radical (unpaired) electrons. The zero-order chi connectivity index (χ0) is 15.4. The lowest BCUT2D eigenvalue weighted by molar-refractivity contribution is -0.143. The van der Waals surface area contributed by atoms with Crippen molar-refractivity contribution < 1.29 is 14.7 Å². The molecule has 5 nitrogen and oxygen atoms in total. The van der Waals surface area contributed by atoms with Gasteiger partial charge in [-0.2, -0.15) is 0 Å². The highest BCUT2D eigenvalue weighted by Crippen LogP contribution is 2.19. The number of hydrogen-bond acceptors (Lipinski definition) is 2. The Morgan fingerprint density at radius 1 is 1.43 bits per heavy atom. The number of rotatable bonds is 3. The second-order valence-electron chi connectivity index (χ2n) is 5.55. The topological polar surface area (TPSA) is 69.6 Å². The molecule has 1 unspecified atom stereocenters. The van der Waals surface area contributed by atoms with Crippen molar-refractivity contribution in [2.24, 2.45) is 5.92 Å². The Morgan fingerprint density at radius 3 is 2.81 bits per heavy atom. The fourth-order valence-corrected chi connectivity index (χ4v) is 2.74. The van der Waals surface area contributed by atoms with Gasteiger partial charge in [-0.15, -0.1) is 0 Å². The molecule has 0 saturated carbocycles. The molecule has 1 heterocycles. The third kappa shape index (κ3) is 3.74. The van der Waals surface area contributed by atoms with Crippen LogP contribution in [0.15, 0.2) is 18.2 Å². The highest BCUT2D eigenvalue weighted by Gasteiger charge is 2.28. The lowest BCUT2D eigenvalue weighted by atomic mass is 9.99. The largest absolute Gasteiger partial charge is 0.481 e. The minimum absolute atomic E-state index is 0.218. The summed E-state index contributed by atoms with van der Waals surface area (Å²) in [6, 6.07) is 5.64. The van der Waals surface area contributed by atoms with E-state index in [-0.39, 0.29) is 12.6 Å². The van der Waals surface area contributed by atoms with Gasteiger partial charge in [0.15, 0.2) is 0 Å². The molecule has 1 aromatic rings. The van der Waals surface area contributed by atoms with E-state index in [1.165, 1.54) is 5.56 Å². The number of nitrogens with one attached hydrogen (secondary N) is 1. The summed E-state index contributed by atoms with van der Waals surface area (Å²) in [5, 5.41) is 11.9. The van der Waals surface area contributed by atoms with Gasteiger partial charge in [-0.1, -0.05) is 13.0 Å². The van der Waals surface area contributed by atoms with Gasteiger partial charge in [0.2, 0.25) is 0 Å². The quantitative estimate of drug-likeness (QED) is 0.899. The Bertz CT molecular complexity index is 542. The molecule has 114 valence electrons. The van der Waals surface area contributed by atoms with Crippen LogP contribution in [0.5, 0.6) is 0 Å². The number of amides is 2. The smallest absolute Gasteiger partial charge is 0.321 e. The first kappa shape index (κ1) is 15.4. The number of nitrogens with zero attached hydrogens (tertiary/aromatic N) is 1. The maximum atomic E-state index is 12.2. The summed E-state index contributed by atoms with van der Waals surface area (Å²) in [5.74, 6) is -1.27. The first-order chi connectivity index (χ1) is 10.0. The predicted molar refractivity (Wildman–Crippen MR) is 81.5 cm³/mol. The molecule has 0 bridgehead atoms. The summed E-state index contributed by atoms with van der Waals surface area (Å²) in [4.78, 5) is 24.8. The van der Waals surface area contributed by atoms with Crippen LogP contribution in [0.25, 0.3) is 0 Å². The van der Waals surface area contributed by atoms with Crippen molar-refractivity contribution in [1.82, 2.24) is 4.90 Å². The van der Waals surface area contributed by atoms with E-state index in [1.54, 1.807) is 4.90 Å². The number of benzene rings is 1. The SMILES string of the molecule is CCc1ccc(NC(=O)N2CCCC(C(=O)O)C2)cc1C. The van der Waals surface area contributed by atoms with Crippen molar-refractivity contribution in [3.63, 3.8) is 0 Å². The van der Waals surface area contributed by atoms with Crippen molar-refractivity contribution in [1.29, 1.82) is 0 Å². The minimum Gasteiger partial charge on any atom is -0.481 e. The van der Waals surface area contributed by atoms with Crippen LogP contribution in [0.3, 0.4) is 0 Å². The second-order valence-corrected chi connectivity index (χ2v) is 5.55. The molecular formula is C16H22N2O3. The Hall–Kier alpha value is -2.04. The molecule has 0 aromatic heterocycles. The van der Waals surface area contributed by atoms with E-state index in [0.717, 1.165) is 24.1 Å². The third-order valence-electron chi connectivity index (χ3n) is 4.03. The van der Waals surface area contributed by atoms with Crippen LogP contribution in [0, 0.1) is 12.8 Å². The number of carboxylic acids is 1. The van der Waals surface area contributed by atoms with Crippen molar-refractivity contribution in [2.45, 2.75) is 33.1 Å². The molecule has 1 aliphatic heterocycles. The molecule has 1 fully saturated rings. The van der Waals surface area contributed by atoms with E-state index in [0.29, 0.717) is 13.0 Å². The van der Waals surface area contributed by atoms with Crippen molar-refractivity contribution in [3.8, 4) is 0 Å². The van der Waals surface area contributed by atoms with Gasteiger partial charge in [-0.25, -0.2) is 4.79 Å². The molecule has 0 aliphatic carbocycles. The maximum absolute atomic E-state index is 12.2. The molecule has 21 heavy (non-hydrogen) atoms. The van der Waals surface area contributed by atoms with Crippen molar-refractivity contribution in [3.05, 3.63) is 29.3 Å². The number of likely N-dealkylation sites (tertiary alicyclic amines) is 1. The number of aliphatic carboxylic acids is 1. The predicted octanol–water partition coefficient (Wildman–Crippen LogP) is 2.89. The second kappa shape index (κ2) is 6.61. The van der Waals surface area contributed by atoms with Crippen LogP contribution in [0.4, 0.5) is 10.5 Å². The monoisotopic (exact) mass is 290 g/mol. The molecule has 1 aliphatic rings. The summed E-state index contributed by atoms with van der Waals surface area (Å²) in [6.45, 7) is 5.02. The molecule has 2 N–H and O–H groups in total. The number of piperidine rings is 1. The van der Waals surface area contributed by atoms with Crippen LogP contribution in [-0.4, -0.2) is 35.1 Å². The molecule has 1 aromatic carbocycles. The number of hydrogen-bond donors (Lipinski definition) is 2. The fraction of sp³-hybridized carbons (Fsp3) is 0.500. The van der Waals surface area contributed by atoms with Crippen molar-refractivity contribution >= 4 is 17.7 Å². The van der Waals surface area contributed by atoms with Crippen LogP contribution < -0.4 is 5.32 Å². The number of anilines is 1. The molecular weight excluding hydrogens is 268 g/mol. The third-order valence-corrected chi connectivity index (χ3v) is 4.03. The number of urea groups is 1. The highest BCUT2D eigenvalue weighted by atomic mass is 16.4. The minimum atomic E-state index is -0.823. The number of carbonyl (C=O) groups excluding carboxylic acids is 1. The van der Waals surface area contributed by atoms with Gasteiger partial charge in [-0.3, -0.25) is 4.79 Å². The molecule has 2 amide bonds. The average Bonchev–Trinajstić information content (AvgIpc) is 2.47. The number of carboxylic acid groups (broad SMARTS) is 1. The fourth-order valence-electron chi connectivity index (χ4n) is 2.74.